The van der Waals surface area contributed by atoms with Crippen molar-refractivity contribution in [1.82, 2.24) is 9.29 Å². The van der Waals surface area contributed by atoms with Crippen molar-refractivity contribution >= 4 is 33.6 Å². The van der Waals surface area contributed by atoms with Gasteiger partial charge in [0.1, 0.15) is 5.69 Å². The highest BCUT2D eigenvalue weighted by molar-refractivity contribution is 7.89. The Balaban J connectivity index is 2.14. The van der Waals surface area contributed by atoms with E-state index >= 15 is 0 Å². The molecule has 0 saturated heterocycles. The molecular weight excluding hydrogens is 426 g/mol. The molecule has 168 valence electrons. The third kappa shape index (κ3) is 5.12. The topological polar surface area (TPSA) is 135 Å². The maximum absolute atomic E-state index is 12.5. The van der Waals surface area contributed by atoms with Crippen molar-refractivity contribution in [3.63, 3.8) is 0 Å². The van der Waals surface area contributed by atoms with Crippen molar-refractivity contribution in [2.24, 2.45) is 0 Å². The molecule has 0 saturated carbocycles. The molecule has 11 heteroatoms. The number of hydrogen-bond acceptors (Lipinski definition) is 7. The van der Waals surface area contributed by atoms with Gasteiger partial charge >= 0.3 is 11.9 Å². The Morgan fingerprint density at radius 3 is 2.35 bits per heavy atom. The Morgan fingerprint density at radius 1 is 1.13 bits per heavy atom. The number of aryl methyl sites for hydroxylation is 1. The predicted molar refractivity (Wildman–Crippen MR) is 112 cm³/mol. The molecule has 2 aromatic rings. The van der Waals surface area contributed by atoms with Crippen molar-refractivity contribution in [2.75, 3.05) is 26.5 Å². The molecule has 0 fully saturated rings. The second-order valence-corrected chi connectivity index (χ2v) is 9.12. The molecule has 1 unspecified atom stereocenters. The number of benzene rings is 1. The largest absolute Gasteiger partial charge is 0.465 e. The second-order valence-electron chi connectivity index (χ2n) is 6.97. The molecule has 0 aliphatic carbocycles. The molecule has 1 aromatic heterocycles. The number of rotatable bonds is 7. The van der Waals surface area contributed by atoms with Crippen LogP contribution in [-0.4, -0.2) is 62.9 Å². The van der Waals surface area contributed by atoms with Crippen molar-refractivity contribution in [3.05, 3.63) is 46.8 Å². The standard InChI is InChI=1S/C20H25N3O7S/c1-11-16(19(25)29-6)12(2)21-17(11)20(26)30-13(3)18(24)22-14-8-7-9-15(10-14)31(27,28)23(4)5/h7-10,13,21H,1-6H3,(H,22,24). The molecule has 0 aliphatic rings. The van der Waals surface area contributed by atoms with Gasteiger partial charge in [-0.2, -0.15) is 0 Å². The minimum atomic E-state index is -3.67. The summed E-state index contributed by atoms with van der Waals surface area (Å²) in [4.78, 5) is 39.6. The van der Waals surface area contributed by atoms with Gasteiger partial charge in [-0.15, -0.1) is 0 Å². The van der Waals surface area contributed by atoms with E-state index in [0.717, 1.165) is 4.31 Å². The number of ether oxygens (including phenoxy) is 2. The molecule has 0 aliphatic heterocycles. The van der Waals surface area contributed by atoms with Gasteiger partial charge in [-0.3, -0.25) is 4.79 Å². The van der Waals surface area contributed by atoms with Crippen LogP contribution in [0.5, 0.6) is 0 Å². The first kappa shape index (κ1) is 24.1. The first-order chi connectivity index (χ1) is 14.4. The molecule has 31 heavy (non-hydrogen) atoms. The smallest absolute Gasteiger partial charge is 0.355 e. The fourth-order valence-electron chi connectivity index (χ4n) is 2.82. The number of carbonyl (C=O) groups is 3. The van der Waals surface area contributed by atoms with Crippen molar-refractivity contribution < 1.29 is 32.3 Å². The molecule has 1 aromatic carbocycles. The average Bonchev–Trinajstić information content (AvgIpc) is 3.01. The Bertz CT molecular complexity index is 1120. The van der Waals surface area contributed by atoms with E-state index in [-0.39, 0.29) is 21.8 Å². The van der Waals surface area contributed by atoms with Crippen LogP contribution in [0.25, 0.3) is 0 Å². The monoisotopic (exact) mass is 451 g/mol. The van der Waals surface area contributed by atoms with Crippen molar-refractivity contribution in [3.8, 4) is 0 Å². The van der Waals surface area contributed by atoms with E-state index in [0.29, 0.717) is 11.3 Å². The van der Waals surface area contributed by atoms with E-state index in [1.54, 1.807) is 13.8 Å². The summed E-state index contributed by atoms with van der Waals surface area (Å²) >= 11 is 0. The van der Waals surface area contributed by atoms with Gasteiger partial charge in [-0.1, -0.05) is 6.07 Å². The van der Waals surface area contributed by atoms with Gasteiger partial charge in [0, 0.05) is 25.5 Å². The summed E-state index contributed by atoms with van der Waals surface area (Å²) in [6.45, 7) is 4.55. The fourth-order valence-corrected chi connectivity index (χ4v) is 3.77. The summed E-state index contributed by atoms with van der Waals surface area (Å²) in [5.41, 5.74) is 1.29. The summed E-state index contributed by atoms with van der Waals surface area (Å²) in [5, 5.41) is 2.53. The zero-order valence-corrected chi connectivity index (χ0v) is 18.9. The summed E-state index contributed by atoms with van der Waals surface area (Å²) in [7, 11) is 0.364. The van der Waals surface area contributed by atoms with Crippen LogP contribution in [0.15, 0.2) is 29.2 Å². The molecule has 2 rings (SSSR count). The Labute approximate surface area is 180 Å². The third-order valence-electron chi connectivity index (χ3n) is 4.56. The molecular formula is C20H25N3O7S. The zero-order valence-electron chi connectivity index (χ0n) is 18.1. The Kier molecular flexibility index (Phi) is 7.24. The number of aromatic nitrogens is 1. The minimum absolute atomic E-state index is 0.00720. The normalized spacial score (nSPS) is 12.4. The number of amides is 1. The molecule has 1 heterocycles. The lowest BCUT2D eigenvalue weighted by Crippen LogP contribution is -2.30. The molecule has 2 N–H and O–H groups in total. The first-order valence-electron chi connectivity index (χ1n) is 9.22. The van der Waals surface area contributed by atoms with Gasteiger partial charge in [0.25, 0.3) is 5.91 Å². The fraction of sp³-hybridized carbons (Fsp3) is 0.350. The van der Waals surface area contributed by atoms with E-state index in [9.17, 15) is 22.8 Å². The zero-order chi connectivity index (χ0) is 23.5. The lowest BCUT2D eigenvalue weighted by atomic mass is 10.1. The Morgan fingerprint density at radius 2 is 1.77 bits per heavy atom. The molecule has 1 amide bonds. The summed E-state index contributed by atoms with van der Waals surface area (Å²) in [6, 6.07) is 5.72. The van der Waals surface area contributed by atoms with Crippen LogP contribution < -0.4 is 5.32 Å². The van der Waals surface area contributed by atoms with Crippen molar-refractivity contribution in [1.29, 1.82) is 0 Å². The number of sulfonamides is 1. The van der Waals surface area contributed by atoms with E-state index < -0.39 is 34.0 Å². The second kappa shape index (κ2) is 9.31. The molecule has 0 bridgehead atoms. The van der Waals surface area contributed by atoms with Crippen LogP contribution in [0.3, 0.4) is 0 Å². The molecule has 10 nitrogen and oxygen atoms in total. The SMILES string of the molecule is COC(=O)c1c(C)[nH]c(C(=O)OC(C)C(=O)Nc2cccc(S(=O)(=O)N(C)C)c2)c1C. The van der Waals surface area contributed by atoms with Crippen LogP contribution >= 0.6 is 0 Å². The van der Waals surface area contributed by atoms with E-state index in [1.807, 2.05) is 0 Å². The number of methoxy groups -OCH3 is 1. The van der Waals surface area contributed by atoms with E-state index in [1.165, 1.54) is 52.4 Å². The Hall–Kier alpha value is -3.18. The van der Waals surface area contributed by atoms with Gasteiger partial charge in [-0.25, -0.2) is 22.3 Å². The van der Waals surface area contributed by atoms with Gasteiger partial charge in [0.2, 0.25) is 10.0 Å². The number of aromatic amines is 1. The van der Waals surface area contributed by atoms with Crippen LogP contribution in [0, 0.1) is 13.8 Å². The maximum atomic E-state index is 12.5. The number of H-pyrrole nitrogens is 1. The van der Waals surface area contributed by atoms with Crippen LogP contribution in [0.4, 0.5) is 5.69 Å². The highest BCUT2D eigenvalue weighted by atomic mass is 32.2. The summed E-state index contributed by atoms with van der Waals surface area (Å²) in [5.74, 6) is -2.06. The van der Waals surface area contributed by atoms with Gasteiger partial charge in [-0.05, 0) is 44.5 Å². The average molecular weight is 452 g/mol. The number of nitrogens with one attached hydrogen (secondary N) is 2. The molecule has 0 radical (unpaired) electrons. The van der Waals surface area contributed by atoms with Crippen molar-refractivity contribution in [2.45, 2.75) is 31.8 Å². The number of hydrogen-bond donors (Lipinski definition) is 2. The van der Waals surface area contributed by atoms with E-state index in [2.05, 4.69) is 10.3 Å². The van der Waals surface area contributed by atoms with Crippen LogP contribution in [0.1, 0.15) is 39.0 Å². The number of nitrogens with zero attached hydrogens (tertiary/aromatic N) is 1. The summed E-state index contributed by atoms with van der Waals surface area (Å²) in [6.07, 6.45) is -1.19. The molecule has 1 atom stereocenters. The van der Waals surface area contributed by atoms with Crippen LogP contribution in [0.2, 0.25) is 0 Å². The molecule has 0 spiro atoms. The highest BCUT2D eigenvalue weighted by Gasteiger charge is 2.26. The summed E-state index contributed by atoms with van der Waals surface area (Å²) < 4.78 is 35.5. The first-order valence-corrected chi connectivity index (χ1v) is 10.7. The number of esters is 2. The number of anilines is 1. The van der Waals surface area contributed by atoms with Gasteiger partial charge in [0.05, 0.1) is 17.6 Å². The van der Waals surface area contributed by atoms with Crippen LogP contribution in [-0.2, 0) is 24.3 Å². The highest BCUT2D eigenvalue weighted by Crippen LogP contribution is 2.21. The lowest BCUT2D eigenvalue weighted by Gasteiger charge is -2.15. The minimum Gasteiger partial charge on any atom is -0.465 e. The number of carbonyl (C=O) groups excluding carboxylic acids is 3. The quantitative estimate of drug-likeness (QED) is 0.613. The maximum Gasteiger partial charge on any atom is 0.355 e. The third-order valence-corrected chi connectivity index (χ3v) is 6.38. The van der Waals surface area contributed by atoms with Gasteiger partial charge < -0.3 is 19.8 Å². The predicted octanol–water partition coefficient (Wildman–Crippen LogP) is 1.85. The lowest BCUT2D eigenvalue weighted by molar-refractivity contribution is -0.123. The van der Waals surface area contributed by atoms with Gasteiger partial charge in [0.15, 0.2) is 6.10 Å². The van der Waals surface area contributed by atoms with E-state index in [4.69, 9.17) is 9.47 Å².